The highest BCUT2D eigenvalue weighted by Crippen LogP contribution is 2.29. The van der Waals surface area contributed by atoms with Gasteiger partial charge in [-0.2, -0.15) is 9.57 Å². The fraction of sp³-hybridized carbons (Fsp3) is 0.235. The minimum absolute atomic E-state index is 0.165. The Morgan fingerprint density at radius 2 is 1.92 bits per heavy atom. The Bertz CT molecular complexity index is 848. The van der Waals surface area contributed by atoms with Gasteiger partial charge in [0.2, 0.25) is 10.0 Å². The van der Waals surface area contributed by atoms with Gasteiger partial charge in [0, 0.05) is 13.7 Å². The molecule has 126 valence electrons. The predicted molar refractivity (Wildman–Crippen MR) is 86.9 cm³/mol. The highest BCUT2D eigenvalue weighted by molar-refractivity contribution is 7.89. The molecule has 0 amide bonds. The van der Waals surface area contributed by atoms with Gasteiger partial charge in [-0.25, -0.2) is 12.8 Å². The lowest BCUT2D eigenvalue weighted by Crippen LogP contribution is -2.32. The summed E-state index contributed by atoms with van der Waals surface area (Å²) in [5, 5.41) is 18.2. The number of nitrogens with zero attached hydrogens (tertiary/aromatic N) is 2. The minimum atomic E-state index is -3.95. The summed E-state index contributed by atoms with van der Waals surface area (Å²) in [5.41, 5.74) is 0.406. The van der Waals surface area contributed by atoms with Crippen LogP contribution in [0, 0.1) is 17.1 Å². The number of aliphatic hydroxyl groups excluding tert-OH is 1. The Balaban J connectivity index is 2.45. The number of rotatable bonds is 6. The van der Waals surface area contributed by atoms with Crippen molar-refractivity contribution in [2.45, 2.75) is 17.4 Å². The molecule has 7 heteroatoms. The second kappa shape index (κ2) is 7.53. The van der Waals surface area contributed by atoms with E-state index in [1.807, 2.05) is 6.07 Å². The standard InChI is InChI=1S/C17H17FN2O3S/c1-20(17(9-10-21)13-5-3-2-4-6-13)24(22,23)15-7-8-16(18)14(11-15)12-19/h2-8,11,17,21H,9-10H2,1H3. The number of hydrogen-bond acceptors (Lipinski definition) is 4. The van der Waals surface area contributed by atoms with Crippen LogP contribution in [-0.2, 0) is 10.0 Å². The van der Waals surface area contributed by atoms with Gasteiger partial charge < -0.3 is 5.11 Å². The summed E-state index contributed by atoms with van der Waals surface area (Å²) in [5.74, 6) is -0.769. The van der Waals surface area contributed by atoms with Crippen molar-refractivity contribution in [1.29, 1.82) is 5.26 Å². The molecule has 1 unspecified atom stereocenters. The van der Waals surface area contributed by atoms with E-state index in [1.165, 1.54) is 7.05 Å². The lowest BCUT2D eigenvalue weighted by molar-refractivity contribution is 0.240. The number of halogens is 1. The van der Waals surface area contributed by atoms with E-state index in [4.69, 9.17) is 5.26 Å². The van der Waals surface area contributed by atoms with Crippen LogP contribution in [0.3, 0.4) is 0 Å². The number of benzene rings is 2. The summed E-state index contributed by atoms with van der Waals surface area (Å²) >= 11 is 0. The third kappa shape index (κ3) is 3.62. The third-order valence-corrected chi connectivity index (χ3v) is 5.62. The van der Waals surface area contributed by atoms with Crippen molar-refractivity contribution in [1.82, 2.24) is 4.31 Å². The average Bonchev–Trinajstić information content (AvgIpc) is 2.60. The largest absolute Gasteiger partial charge is 0.396 e. The Labute approximate surface area is 140 Å². The van der Waals surface area contributed by atoms with E-state index in [0.29, 0.717) is 0 Å². The van der Waals surface area contributed by atoms with Gasteiger partial charge in [0.15, 0.2) is 0 Å². The second-order valence-electron chi connectivity index (χ2n) is 5.21. The van der Waals surface area contributed by atoms with Crippen molar-refractivity contribution < 1.29 is 17.9 Å². The Hall–Kier alpha value is -2.27. The second-order valence-corrected chi connectivity index (χ2v) is 7.21. The van der Waals surface area contributed by atoms with Gasteiger partial charge in [0.05, 0.1) is 16.5 Å². The van der Waals surface area contributed by atoms with Gasteiger partial charge in [-0.15, -0.1) is 0 Å². The van der Waals surface area contributed by atoms with Gasteiger partial charge >= 0.3 is 0 Å². The fourth-order valence-corrected chi connectivity index (χ4v) is 3.84. The highest BCUT2D eigenvalue weighted by atomic mass is 32.2. The SMILES string of the molecule is CN(C(CCO)c1ccccc1)S(=O)(=O)c1ccc(F)c(C#N)c1. The van der Waals surface area contributed by atoms with Crippen LogP contribution in [0.25, 0.3) is 0 Å². The first-order valence-electron chi connectivity index (χ1n) is 7.25. The molecule has 0 saturated heterocycles. The predicted octanol–water partition coefficient (Wildman–Crippen LogP) is 2.44. The van der Waals surface area contributed by atoms with Gasteiger partial charge in [0.25, 0.3) is 0 Å². The van der Waals surface area contributed by atoms with Crippen LogP contribution >= 0.6 is 0 Å². The van der Waals surface area contributed by atoms with E-state index in [0.717, 1.165) is 28.1 Å². The molecule has 1 atom stereocenters. The monoisotopic (exact) mass is 348 g/mol. The van der Waals surface area contributed by atoms with Crippen LogP contribution in [-0.4, -0.2) is 31.5 Å². The quantitative estimate of drug-likeness (QED) is 0.869. The molecule has 0 spiro atoms. The zero-order valence-electron chi connectivity index (χ0n) is 13.1. The first kappa shape index (κ1) is 18.1. The van der Waals surface area contributed by atoms with Crippen LogP contribution in [0.15, 0.2) is 53.4 Å². The molecule has 2 rings (SSSR count). The molecular weight excluding hydrogens is 331 g/mol. The summed E-state index contributed by atoms with van der Waals surface area (Å²) in [6, 6.07) is 13.1. The number of sulfonamides is 1. The molecular formula is C17H17FN2O3S. The van der Waals surface area contributed by atoms with Crippen LogP contribution < -0.4 is 0 Å². The molecule has 0 aliphatic carbocycles. The van der Waals surface area contributed by atoms with Crippen molar-refractivity contribution >= 4 is 10.0 Å². The fourth-order valence-electron chi connectivity index (χ4n) is 2.44. The van der Waals surface area contributed by atoms with Gasteiger partial charge in [0.1, 0.15) is 11.9 Å². The smallest absolute Gasteiger partial charge is 0.243 e. The zero-order chi connectivity index (χ0) is 17.7. The van der Waals surface area contributed by atoms with Gasteiger partial charge in [-0.1, -0.05) is 30.3 Å². The number of nitriles is 1. The first-order chi connectivity index (χ1) is 11.4. The third-order valence-electron chi connectivity index (χ3n) is 3.76. The van der Waals surface area contributed by atoms with Crippen molar-refractivity contribution in [2.24, 2.45) is 0 Å². The maximum atomic E-state index is 13.4. The summed E-state index contributed by atoms with van der Waals surface area (Å²) in [6.45, 7) is -0.188. The van der Waals surface area contributed by atoms with E-state index in [2.05, 4.69) is 0 Å². The lowest BCUT2D eigenvalue weighted by atomic mass is 10.0. The highest BCUT2D eigenvalue weighted by Gasteiger charge is 2.29. The molecule has 24 heavy (non-hydrogen) atoms. The maximum Gasteiger partial charge on any atom is 0.243 e. The molecule has 0 saturated carbocycles. The molecule has 0 aliphatic heterocycles. The molecule has 0 bridgehead atoms. The Morgan fingerprint density at radius 1 is 1.25 bits per heavy atom. The minimum Gasteiger partial charge on any atom is -0.396 e. The van der Waals surface area contributed by atoms with E-state index in [-0.39, 0.29) is 23.5 Å². The summed E-state index contributed by atoms with van der Waals surface area (Å²) in [6.07, 6.45) is 0.214. The Morgan fingerprint density at radius 3 is 2.50 bits per heavy atom. The van der Waals surface area contributed by atoms with Crippen LogP contribution in [0.2, 0.25) is 0 Å². The molecule has 0 aliphatic rings. The van der Waals surface area contributed by atoms with Crippen molar-refractivity contribution in [3.63, 3.8) is 0 Å². The molecule has 2 aromatic rings. The van der Waals surface area contributed by atoms with Crippen molar-refractivity contribution in [3.05, 3.63) is 65.5 Å². The lowest BCUT2D eigenvalue weighted by Gasteiger charge is -2.27. The van der Waals surface area contributed by atoms with Crippen molar-refractivity contribution in [2.75, 3.05) is 13.7 Å². The van der Waals surface area contributed by atoms with E-state index < -0.39 is 21.9 Å². The molecule has 2 aromatic carbocycles. The molecule has 0 aromatic heterocycles. The summed E-state index contributed by atoms with van der Waals surface area (Å²) in [7, 11) is -2.55. The number of hydrogen-bond donors (Lipinski definition) is 1. The summed E-state index contributed by atoms with van der Waals surface area (Å²) < 4.78 is 40.2. The van der Waals surface area contributed by atoms with Gasteiger partial charge in [-0.05, 0) is 30.2 Å². The van der Waals surface area contributed by atoms with Crippen LogP contribution in [0.1, 0.15) is 23.6 Å². The van der Waals surface area contributed by atoms with Crippen molar-refractivity contribution in [3.8, 4) is 6.07 Å². The van der Waals surface area contributed by atoms with Gasteiger partial charge in [-0.3, -0.25) is 0 Å². The Kier molecular flexibility index (Phi) is 5.67. The van der Waals surface area contributed by atoms with E-state index in [9.17, 15) is 17.9 Å². The van der Waals surface area contributed by atoms with E-state index in [1.54, 1.807) is 30.3 Å². The maximum absolute atomic E-state index is 13.4. The molecule has 0 fully saturated rings. The van der Waals surface area contributed by atoms with Crippen LogP contribution in [0.4, 0.5) is 4.39 Å². The molecule has 5 nitrogen and oxygen atoms in total. The topological polar surface area (TPSA) is 81.4 Å². The van der Waals surface area contributed by atoms with E-state index >= 15 is 0 Å². The summed E-state index contributed by atoms with van der Waals surface area (Å²) in [4.78, 5) is -0.165. The molecule has 0 heterocycles. The molecule has 0 radical (unpaired) electrons. The average molecular weight is 348 g/mol. The first-order valence-corrected chi connectivity index (χ1v) is 8.69. The number of aliphatic hydroxyl groups is 1. The van der Waals surface area contributed by atoms with Crippen LogP contribution in [0.5, 0.6) is 0 Å². The zero-order valence-corrected chi connectivity index (χ0v) is 13.9. The molecule has 1 N–H and O–H groups in total. The normalized spacial score (nSPS) is 12.8.